The van der Waals surface area contributed by atoms with E-state index in [0.717, 1.165) is 11.4 Å². The first-order valence-corrected chi connectivity index (χ1v) is 9.00. The molecule has 0 unspecified atom stereocenters. The van der Waals surface area contributed by atoms with Gasteiger partial charge in [-0.15, -0.1) is 0 Å². The Morgan fingerprint density at radius 2 is 1.00 bits per heavy atom. The van der Waals surface area contributed by atoms with Crippen LogP contribution in [-0.2, 0) is 0 Å². The largest absolute Gasteiger partial charge is 0.336 e. The molecule has 26 heavy (non-hydrogen) atoms. The molecule has 2 heterocycles. The summed E-state index contributed by atoms with van der Waals surface area (Å²) in [6.45, 7) is 8.49. The molecule has 2 aromatic heterocycles. The fourth-order valence-corrected chi connectivity index (χ4v) is 4.14. The van der Waals surface area contributed by atoms with Crippen molar-refractivity contribution in [3.05, 3.63) is 94.6 Å². The third-order valence-corrected chi connectivity index (χ3v) is 5.26. The highest BCUT2D eigenvalue weighted by atomic mass is 15.1. The summed E-state index contributed by atoms with van der Waals surface area (Å²) in [6.07, 6.45) is 0. The Hall–Kier alpha value is -2.94. The van der Waals surface area contributed by atoms with E-state index in [0.29, 0.717) is 0 Å². The lowest BCUT2D eigenvalue weighted by atomic mass is 9.98. The summed E-state index contributed by atoms with van der Waals surface area (Å²) in [7, 11) is 0. The number of rotatable bonds is 3. The summed E-state index contributed by atoms with van der Waals surface area (Å²) < 4.78 is 2.44. The predicted octanol–water partition coefficient (Wildman–Crippen LogP) is 5.30. The van der Waals surface area contributed by atoms with Crippen LogP contribution >= 0.6 is 0 Å². The molecule has 0 N–H and O–H groups in total. The fourth-order valence-electron chi connectivity index (χ4n) is 4.14. The van der Waals surface area contributed by atoms with Gasteiger partial charge < -0.3 is 4.57 Å². The van der Waals surface area contributed by atoms with Gasteiger partial charge in [0.1, 0.15) is 0 Å². The number of nitrogens with zero attached hydrogens (tertiary/aromatic N) is 3. The second-order valence-electron chi connectivity index (χ2n) is 6.89. The number of benzene rings is 2. The maximum absolute atomic E-state index is 4.36. The minimum absolute atomic E-state index is 0.128. The molecule has 4 aromatic rings. The molecule has 0 amide bonds. The van der Waals surface area contributed by atoms with Gasteiger partial charge in [0.15, 0.2) is 0 Å². The van der Waals surface area contributed by atoms with Gasteiger partial charge in [0.25, 0.3) is 0 Å². The summed E-state index contributed by atoms with van der Waals surface area (Å²) in [5, 5.41) is 11.2. The SMILES string of the molecule is Cc1nnc(C)c2c(C)n(C(c3ccccc3)c3ccccc3)c(C)c12. The van der Waals surface area contributed by atoms with Gasteiger partial charge in [-0.25, -0.2) is 0 Å². The number of aryl methyl sites for hydroxylation is 4. The van der Waals surface area contributed by atoms with Gasteiger partial charge in [-0.05, 0) is 38.8 Å². The molecule has 0 saturated heterocycles. The lowest BCUT2D eigenvalue weighted by Gasteiger charge is -2.24. The van der Waals surface area contributed by atoms with Gasteiger partial charge in [0, 0.05) is 22.2 Å². The normalized spacial score (nSPS) is 11.4. The van der Waals surface area contributed by atoms with Crippen molar-refractivity contribution in [1.82, 2.24) is 14.8 Å². The number of hydrogen-bond donors (Lipinski definition) is 0. The molecule has 130 valence electrons. The van der Waals surface area contributed by atoms with E-state index in [1.165, 1.54) is 33.3 Å². The first kappa shape index (κ1) is 16.5. The second kappa shape index (κ2) is 6.41. The van der Waals surface area contributed by atoms with Crippen molar-refractivity contribution < 1.29 is 0 Å². The second-order valence-corrected chi connectivity index (χ2v) is 6.89. The Morgan fingerprint density at radius 1 is 0.615 bits per heavy atom. The van der Waals surface area contributed by atoms with Crippen LogP contribution in [0.4, 0.5) is 0 Å². The lowest BCUT2D eigenvalue weighted by Crippen LogP contribution is -2.15. The highest BCUT2D eigenvalue weighted by Crippen LogP contribution is 2.36. The van der Waals surface area contributed by atoms with E-state index in [2.05, 4.69) is 89.3 Å². The van der Waals surface area contributed by atoms with Gasteiger partial charge in [-0.2, -0.15) is 10.2 Å². The summed E-state index contributed by atoms with van der Waals surface area (Å²) in [5.41, 5.74) is 7.02. The van der Waals surface area contributed by atoms with Crippen molar-refractivity contribution in [3.63, 3.8) is 0 Å². The summed E-state index contributed by atoms with van der Waals surface area (Å²) >= 11 is 0. The Labute approximate surface area is 154 Å². The topological polar surface area (TPSA) is 30.7 Å². The molecule has 0 bridgehead atoms. The van der Waals surface area contributed by atoms with Gasteiger partial charge in [-0.1, -0.05) is 60.7 Å². The fraction of sp³-hybridized carbons (Fsp3) is 0.217. The van der Waals surface area contributed by atoms with Crippen molar-refractivity contribution in [1.29, 1.82) is 0 Å². The zero-order chi connectivity index (χ0) is 18.3. The molecule has 3 heteroatoms. The first-order valence-electron chi connectivity index (χ1n) is 9.00. The third kappa shape index (κ3) is 2.51. The summed E-state index contributed by atoms with van der Waals surface area (Å²) in [6, 6.07) is 21.5. The van der Waals surface area contributed by atoms with Crippen LogP contribution in [0, 0.1) is 27.7 Å². The van der Waals surface area contributed by atoms with E-state index in [-0.39, 0.29) is 6.04 Å². The monoisotopic (exact) mass is 341 g/mol. The van der Waals surface area contributed by atoms with E-state index >= 15 is 0 Å². The van der Waals surface area contributed by atoms with Gasteiger partial charge >= 0.3 is 0 Å². The van der Waals surface area contributed by atoms with Crippen molar-refractivity contribution in [2.45, 2.75) is 33.7 Å². The Kier molecular flexibility index (Phi) is 4.08. The Balaban J connectivity index is 2.07. The minimum atomic E-state index is 0.128. The van der Waals surface area contributed by atoms with Gasteiger partial charge in [0.05, 0.1) is 17.4 Å². The average molecular weight is 341 g/mol. The minimum Gasteiger partial charge on any atom is -0.336 e. The van der Waals surface area contributed by atoms with Crippen LogP contribution in [0.5, 0.6) is 0 Å². The number of fused-ring (bicyclic) bond motifs is 1. The standard InChI is InChI=1S/C23H23N3/c1-15-21-17(3)26(18(4)22(21)16(2)25-24-15)23(19-11-7-5-8-12-19)20-13-9-6-10-14-20/h5-14,23H,1-4H3. The van der Waals surface area contributed by atoms with Crippen molar-refractivity contribution in [3.8, 4) is 0 Å². The van der Waals surface area contributed by atoms with Crippen LogP contribution in [0.15, 0.2) is 60.7 Å². The molecule has 4 rings (SSSR count). The third-order valence-electron chi connectivity index (χ3n) is 5.26. The van der Waals surface area contributed by atoms with Crippen molar-refractivity contribution >= 4 is 10.8 Å². The van der Waals surface area contributed by atoms with E-state index in [1.807, 2.05) is 13.8 Å². The smallest absolute Gasteiger partial charge is 0.0838 e. The first-order chi connectivity index (χ1) is 12.6. The van der Waals surface area contributed by atoms with Crippen LogP contribution in [0.1, 0.15) is 39.9 Å². The molecule has 0 spiro atoms. The van der Waals surface area contributed by atoms with E-state index in [1.54, 1.807) is 0 Å². The molecule has 0 aliphatic rings. The van der Waals surface area contributed by atoms with Crippen LogP contribution in [0.25, 0.3) is 10.8 Å². The summed E-state index contributed by atoms with van der Waals surface area (Å²) in [4.78, 5) is 0. The highest BCUT2D eigenvalue weighted by Gasteiger charge is 2.24. The van der Waals surface area contributed by atoms with Crippen molar-refractivity contribution in [2.24, 2.45) is 0 Å². The molecule has 0 saturated carbocycles. The molecular formula is C23H23N3. The maximum atomic E-state index is 4.36. The van der Waals surface area contributed by atoms with Gasteiger partial charge in [0.2, 0.25) is 0 Å². The zero-order valence-corrected chi connectivity index (χ0v) is 15.7. The molecule has 3 nitrogen and oxygen atoms in total. The molecular weight excluding hydrogens is 318 g/mol. The highest BCUT2D eigenvalue weighted by molar-refractivity contribution is 5.92. The molecule has 0 aliphatic heterocycles. The Morgan fingerprint density at radius 3 is 1.38 bits per heavy atom. The summed E-state index contributed by atoms with van der Waals surface area (Å²) in [5.74, 6) is 0. The molecule has 0 atom stereocenters. The average Bonchev–Trinajstić information content (AvgIpc) is 2.93. The van der Waals surface area contributed by atoms with Crippen LogP contribution in [0.2, 0.25) is 0 Å². The molecule has 0 radical (unpaired) electrons. The van der Waals surface area contributed by atoms with Crippen LogP contribution in [-0.4, -0.2) is 14.8 Å². The maximum Gasteiger partial charge on any atom is 0.0838 e. The molecule has 2 aromatic carbocycles. The Bertz CT molecular complexity index is 979. The quantitative estimate of drug-likeness (QED) is 0.506. The van der Waals surface area contributed by atoms with E-state index in [9.17, 15) is 0 Å². The predicted molar refractivity (Wildman–Crippen MR) is 107 cm³/mol. The van der Waals surface area contributed by atoms with Crippen molar-refractivity contribution in [2.75, 3.05) is 0 Å². The zero-order valence-electron chi connectivity index (χ0n) is 15.7. The van der Waals surface area contributed by atoms with Crippen LogP contribution < -0.4 is 0 Å². The van der Waals surface area contributed by atoms with Gasteiger partial charge in [-0.3, -0.25) is 0 Å². The lowest BCUT2D eigenvalue weighted by molar-refractivity contribution is 0.648. The molecule has 0 aliphatic carbocycles. The van der Waals surface area contributed by atoms with E-state index in [4.69, 9.17) is 0 Å². The number of hydrogen-bond acceptors (Lipinski definition) is 2. The molecule has 0 fully saturated rings. The van der Waals surface area contributed by atoms with Crippen LogP contribution in [0.3, 0.4) is 0 Å². The van der Waals surface area contributed by atoms with E-state index < -0.39 is 0 Å². The number of aromatic nitrogens is 3.